The molecule has 0 saturated carbocycles. The number of pyridine rings is 1. The molecule has 0 amide bonds. The Labute approximate surface area is 184 Å². The molecule has 0 saturated heterocycles. The molecular formula is C24H21ClN2O4. The molecular weight excluding hydrogens is 416 g/mol. The van der Waals surface area contributed by atoms with Crippen LogP contribution < -0.4 is 10.3 Å². The third kappa shape index (κ3) is 4.62. The number of hydrogen-bond acceptors (Lipinski definition) is 5. The van der Waals surface area contributed by atoms with Gasteiger partial charge in [0.05, 0.1) is 12.1 Å². The quantitative estimate of drug-likeness (QED) is 0.581. The number of ketones is 1. The van der Waals surface area contributed by atoms with E-state index in [4.69, 9.17) is 16.3 Å². The van der Waals surface area contributed by atoms with Crippen LogP contribution in [0.1, 0.15) is 38.2 Å². The molecule has 1 N–H and O–H groups in total. The minimum Gasteiger partial charge on any atom is -0.494 e. The Bertz CT molecular complexity index is 1250. The Balaban J connectivity index is 1.98. The van der Waals surface area contributed by atoms with Gasteiger partial charge < -0.3 is 9.84 Å². The van der Waals surface area contributed by atoms with Crippen LogP contribution in [0.4, 0.5) is 0 Å². The number of carbonyl (C=O) groups excluding carboxylic acids is 1. The minimum absolute atomic E-state index is 0.0251. The number of rotatable bonds is 6. The summed E-state index contributed by atoms with van der Waals surface area (Å²) < 4.78 is 6.64. The van der Waals surface area contributed by atoms with Crippen molar-refractivity contribution >= 4 is 17.4 Å². The second-order valence-electron chi connectivity index (χ2n) is 7.31. The highest BCUT2D eigenvalue weighted by molar-refractivity contribution is 6.30. The maximum Gasteiger partial charge on any atom is 0.271 e. The van der Waals surface area contributed by atoms with Gasteiger partial charge in [0.25, 0.3) is 5.56 Å². The monoisotopic (exact) mass is 436 g/mol. The fourth-order valence-electron chi connectivity index (χ4n) is 3.30. The van der Waals surface area contributed by atoms with Crippen LogP contribution in [0, 0.1) is 32.1 Å². The lowest BCUT2D eigenvalue weighted by molar-refractivity contribution is 0.0916. The molecule has 158 valence electrons. The number of aromatic nitrogens is 1. The van der Waals surface area contributed by atoms with Crippen molar-refractivity contribution in [3.8, 4) is 17.7 Å². The molecule has 7 heteroatoms. The van der Waals surface area contributed by atoms with Gasteiger partial charge in [0.2, 0.25) is 11.7 Å². The predicted molar refractivity (Wildman–Crippen MR) is 118 cm³/mol. The average Bonchev–Trinajstić information content (AvgIpc) is 2.72. The Morgan fingerprint density at radius 3 is 2.45 bits per heavy atom. The van der Waals surface area contributed by atoms with Gasteiger partial charge in [-0.15, -0.1) is 0 Å². The molecule has 3 aromatic rings. The molecule has 1 aromatic heterocycles. The number of carbonyl (C=O) groups is 1. The SMILES string of the molecule is Cc1ccc(Cn2c(O)c(C(=O)COc3ccc(Cl)cc3C)c(C)c(C#N)c2=O)cc1. The van der Waals surface area contributed by atoms with E-state index in [1.54, 1.807) is 25.1 Å². The highest BCUT2D eigenvalue weighted by Gasteiger charge is 2.24. The fourth-order valence-corrected chi connectivity index (χ4v) is 3.52. The number of Topliss-reactive ketones (excluding diaryl/α,β-unsaturated/α-hetero) is 1. The first-order chi connectivity index (χ1) is 14.7. The Hall–Kier alpha value is -3.56. The highest BCUT2D eigenvalue weighted by atomic mass is 35.5. The van der Waals surface area contributed by atoms with E-state index >= 15 is 0 Å². The molecule has 0 radical (unpaired) electrons. The van der Waals surface area contributed by atoms with Gasteiger partial charge in [0.15, 0.2) is 6.61 Å². The molecule has 6 nitrogen and oxygen atoms in total. The van der Waals surface area contributed by atoms with Gasteiger partial charge >= 0.3 is 0 Å². The van der Waals surface area contributed by atoms with Crippen molar-refractivity contribution in [1.82, 2.24) is 4.57 Å². The molecule has 1 heterocycles. The largest absolute Gasteiger partial charge is 0.494 e. The zero-order valence-corrected chi connectivity index (χ0v) is 18.2. The third-order valence-corrected chi connectivity index (χ3v) is 5.27. The van der Waals surface area contributed by atoms with Gasteiger partial charge in [-0.05, 0) is 55.7 Å². The van der Waals surface area contributed by atoms with Gasteiger partial charge in [-0.1, -0.05) is 41.4 Å². The summed E-state index contributed by atoms with van der Waals surface area (Å²) in [4.78, 5) is 25.7. The molecule has 0 spiro atoms. The van der Waals surface area contributed by atoms with Crippen LogP contribution in [0.5, 0.6) is 11.6 Å². The summed E-state index contributed by atoms with van der Waals surface area (Å²) in [5, 5.41) is 20.8. The lowest BCUT2D eigenvalue weighted by Crippen LogP contribution is -2.28. The molecule has 31 heavy (non-hydrogen) atoms. The molecule has 0 aliphatic carbocycles. The summed E-state index contributed by atoms with van der Waals surface area (Å²) in [5.41, 5.74) is 1.75. The van der Waals surface area contributed by atoms with Crippen LogP contribution in [-0.2, 0) is 6.54 Å². The zero-order chi connectivity index (χ0) is 22.7. The fraction of sp³-hybridized carbons (Fsp3) is 0.208. The van der Waals surface area contributed by atoms with Gasteiger partial charge in [0.1, 0.15) is 17.4 Å². The summed E-state index contributed by atoms with van der Waals surface area (Å²) >= 11 is 5.94. The number of halogens is 1. The molecule has 0 unspecified atom stereocenters. The topological polar surface area (TPSA) is 92.3 Å². The van der Waals surface area contributed by atoms with Gasteiger partial charge in [-0.2, -0.15) is 5.26 Å². The first-order valence-electron chi connectivity index (χ1n) is 9.57. The maximum atomic E-state index is 12.9. The number of hydrogen-bond donors (Lipinski definition) is 1. The van der Waals surface area contributed by atoms with Crippen molar-refractivity contribution in [2.75, 3.05) is 6.61 Å². The Morgan fingerprint density at radius 1 is 1.16 bits per heavy atom. The first kappa shape index (κ1) is 22.1. The minimum atomic E-state index is -0.649. The van der Waals surface area contributed by atoms with Crippen molar-refractivity contribution < 1.29 is 14.6 Å². The summed E-state index contributed by atoms with van der Waals surface area (Å²) in [5.74, 6) is -0.551. The van der Waals surface area contributed by atoms with Crippen molar-refractivity contribution in [3.05, 3.63) is 91.2 Å². The molecule has 0 atom stereocenters. The van der Waals surface area contributed by atoms with Crippen LogP contribution in [-0.4, -0.2) is 22.1 Å². The molecule has 0 aliphatic rings. The molecule has 3 rings (SSSR count). The number of aromatic hydroxyl groups is 1. The van der Waals surface area contributed by atoms with E-state index in [2.05, 4.69) is 0 Å². The van der Waals surface area contributed by atoms with Crippen molar-refractivity contribution in [3.63, 3.8) is 0 Å². The molecule has 0 fully saturated rings. The van der Waals surface area contributed by atoms with E-state index in [0.717, 1.165) is 21.3 Å². The number of aryl methyl sites for hydroxylation is 2. The van der Waals surface area contributed by atoms with E-state index in [1.807, 2.05) is 37.3 Å². The third-order valence-electron chi connectivity index (χ3n) is 5.04. The van der Waals surface area contributed by atoms with E-state index in [0.29, 0.717) is 10.8 Å². The lowest BCUT2D eigenvalue weighted by atomic mass is 10.0. The smallest absolute Gasteiger partial charge is 0.271 e. The Kier molecular flexibility index (Phi) is 6.47. The summed E-state index contributed by atoms with van der Waals surface area (Å²) in [6, 6.07) is 14.3. The second-order valence-corrected chi connectivity index (χ2v) is 7.75. The Morgan fingerprint density at radius 2 is 1.84 bits per heavy atom. The van der Waals surface area contributed by atoms with Crippen molar-refractivity contribution in [2.24, 2.45) is 0 Å². The average molecular weight is 437 g/mol. The second kappa shape index (κ2) is 9.07. The van der Waals surface area contributed by atoms with Gasteiger partial charge in [-0.25, -0.2) is 0 Å². The standard InChI is InChI=1S/C24H21ClN2O4/c1-14-4-6-17(7-5-14)12-27-23(29)19(11-26)16(3)22(24(27)30)20(28)13-31-21-9-8-18(25)10-15(21)2/h4-10,30H,12-13H2,1-3H3. The number of nitrogens with zero attached hydrogens (tertiary/aromatic N) is 2. The van der Waals surface area contributed by atoms with E-state index in [1.165, 1.54) is 6.92 Å². The van der Waals surface area contributed by atoms with E-state index in [-0.39, 0.29) is 29.8 Å². The summed E-state index contributed by atoms with van der Waals surface area (Å²) in [6.07, 6.45) is 0. The van der Waals surface area contributed by atoms with Gasteiger partial charge in [0, 0.05) is 5.02 Å². The van der Waals surface area contributed by atoms with E-state index < -0.39 is 17.2 Å². The normalized spacial score (nSPS) is 10.5. The van der Waals surface area contributed by atoms with Crippen LogP contribution >= 0.6 is 11.6 Å². The molecule has 2 aromatic carbocycles. The van der Waals surface area contributed by atoms with Crippen LogP contribution in [0.3, 0.4) is 0 Å². The zero-order valence-electron chi connectivity index (χ0n) is 17.4. The molecule has 0 bridgehead atoms. The van der Waals surface area contributed by atoms with Crippen LogP contribution in [0.15, 0.2) is 47.3 Å². The maximum absolute atomic E-state index is 12.9. The number of benzene rings is 2. The highest BCUT2D eigenvalue weighted by Crippen LogP contribution is 2.25. The van der Waals surface area contributed by atoms with Crippen LogP contribution in [0.25, 0.3) is 0 Å². The predicted octanol–water partition coefficient (Wildman–Crippen LogP) is 4.31. The van der Waals surface area contributed by atoms with Crippen LogP contribution in [0.2, 0.25) is 5.02 Å². The summed E-state index contributed by atoms with van der Waals surface area (Å²) in [6.45, 7) is 4.86. The van der Waals surface area contributed by atoms with Crippen molar-refractivity contribution in [1.29, 1.82) is 5.26 Å². The summed E-state index contributed by atoms with van der Waals surface area (Å²) in [7, 11) is 0. The first-order valence-corrected chi connectivity index (χ1v) is 9.95. The van der Waals surface area contributed by atoms with E-state index in [9.17, 15) is 20.0 Å². The van der Waals surface area contributed by atoms with Crippen molar-refractivity contribution in [2.45, 2.75) is 27.3 Å². The lowest BCUT2D eigenvalue weighted by Gasteiger charge is -2.16. The number of nitriles is 1. The number of ether oxygens (including phenoxy) is 1. The van der Waals surface area contributed by atoms with Gasteiger partial charge in [-0.3, -0.25) is 14.2 Å². The molecule has 0 aliphatic heterocycles.